The molecule has 1 unspecified atom stereocenters. The van der Waals surface area contributed by atoms with Crippen LogP contribution < -0.4 is 15.4 Å². The van der Waals surface area contributed by atoms with Gasteiger partial charge in [-0.15, -0.1) is 5.10 Å². The number of hydrogen-bond donors (Lipinski definition) is 2. The van der Waals surface area contributed by atoms with Crippen LogP contribution in [0.3, 0.4) is 0 Å². The number of aromatic nitrogens is 3. The van der Waals surface area contributed by atoms with Crippen LogP contribution in [0.5, 0.6) is 5.75 Å². The average Bonchev–Trinajstić information content (AvgIpc) is 3.22. The van der Waals surface area contributed by atoms with Crippen molar-refractivity contribution in [1.82, 2.24) is 14.8 Å². The molecule has 1 aliphatic heterocycles. The number of aryl methyl sites for hydroxylation is 1. The zero-order valence-corrected chi connectivity index (χ0v) is 21.1. The highest BCUT2D eigenvalue weighted by atomic mass is 32.2. The third-order valence-corrected chi connectivity index (χ3v) is 6.92. The first-order valence-electron chi connectivity index (χ1n) is 11.6. The lowest BCUT2D eigenvalue weighted by molar-refractivity contribution is -0.113. The van der Waals surface area contributed by atoms with Crippen molar-refractivity contribution in [3.8, 4) is 5.75 Å². The number of carbonyl (C=O) groups excluding carboxylic acids is 1. The number of anilines is 2. The summed E-state index contributed by atoms with van der Waals surface area (Å²) < 4.78 is 7.76. The van der Waals surface area contributed by atoms with Crippen LogP contribution >= 0.6 is 11.8 Å². The van der Waals surface area contributed by atoms with Crippen molar-refractivity contribution in [2.24, 2.45) is 0 Å². The van der Waals surface area contributed by atoms with Gasteiger partial charge in [0.05, 0.1) is 12.2 Å². The third kappa shape index (κ3) is 4.68. The molecule has 2 aromatic carbocycles. The summed E-state index contributed by atoms with van der Waals surface area (Å²) in [6.45, 7) is 10.6. The van der Waals surface area contributed by atoms with E-state index in [1.807, 2.05) is 70.2 Å². The van der Waals surface area contributed by atoms with E-state index in [0.717, 1.165) is 46.0 Å². The predicted octanol–water partition coefficient (Wildman–Crippen LogP) is 5.72. The SMILES string of the molecule is CCCSc1nc2n(n1)C(c1ccccc1OCC)C(C(=O)Nc1cccc(C)c1C)=C(C)N2. The molecule has 8 heteroatoms. The highest BCUT2D eigenvalue weighted by molar-refractivity contribution is 7.99. The summed E-state index contributed by atoms with van der Waals surface area (Å²) in [6, 6.07) is 13.3. The fraction of sp³-hybridized carbons (Fsp3) is 0.346. The summed E-state index contributed by atoms with van der Waals surface area (Å²) >= 11 is 1.61. The normalized spacial score (nSPS) is 15.0. The molecule has 0 fully saturated rings. The molecule has 1 aliphatic rings. The van der Waals surface area contributed by atoms with Gasteiger partial charge in [0.15, 0.2) is 0 Å². The van der Waals surface area contributed by atoms with Gasteiger partial charge in [-0.1, -0.05) is 49.0 Å². The summed E-state index contributed by atoms with van der Waals surface area (Å²) in [5.41, 5.74) is 5.16. The first kappa shape index (κ1) is 23.9. The smallest absolute Gasteiger partial charge is 0.255 e. The Morgan fingerprint density at radius 3 is 2.71 bits per heavy atom. The standard InChI is InChI=1S/C26H31N5O2S/c1-6-15-34-26-29-25-27-18(5)22(24(32)28-20-13-10-11-16(3)17(20)4)23(31(25)30-26)19-12-8-9-14-21(19)33-7-2/h8-14,23H,6-7,15H2,1-5H3,(H,28,32)(H,27,29,30). The number of carbonyl (C=O) groups is 1. The number of fused-ring (bicyclic) bond motifs is 1. The van der Waals surface area contributed by atoms with Gasteiger partial charge < -0.3 is 15.4 Å². The minimum Gasteiger partial charge on any atom is -0.494 e. The minimum atomic E-state index is -0.479. The number of ether oxygens (including phenoxy) is 1. The van der Waals surface area contributed by atoms with Crippen LogP contribution in [0.1, 0.15) is 49.9 Å². The Labute approximate surface area is 205 Å². The summed E-state index contributed by atoms with van der Waals surface area (Å²) in [6.07, 6.45) is 1.03. The van der Waals surface area contributed by atoms with Crippen LogP contribution in [0.15, 0.2) is 58.9 Å². The Balaban J connectivity index is 1.81. The van der Waals surface area contributed by atoms with E-state index in [2.05, 4.69) is 17.6 Å². The number of allylic oxidation sites excluding steroid dienone is 1. The molecule has 3 aromatic rings. The van der Waals surface area contributed by atoms with Crippen LogP contribution in [0, 0.1) is 13.8 Å². The Morgan fingerprint density at radius 1 is 1.15 bits per heavy atom. The van der Waals surface area contributed by atoms with Gasteiger partial charge in [-0.05, 0) is 57.4 Å². The number of thioether (sulfide) groups is 1. The Hall–Kier alpha value is -3.26. The molecule has 0 saturated heterocycles. The molecule has 0 bridgehead atoms. The fourth-order valence-electron chi connectivity index (χ4n) is 4.04. The molecule has 2 N–H and O–H groups in total. The quantitative estimate of drug-likeness (QED) is 0.404. The summed E-state index contributed by atoms with van der Waals surface area (Å²) in [5.74, 6) is 2.09. The lowest BCUT2D eigenvalue weighted by Gasteiger charge is -2.29. The number of nitrogens with zero attached hydrogens (tertiary/aromatic N) is 3. The van der Waals surface area contributed by atoms with Crippen molar-refractivity contribution in [3.05, 3.63) is 70.4 Å². The van der Waals surface area contributed by atoms with Gasteiger partial charge in [-0.2, -0.15) is 4.98 Å². The van der Waals surface area contributed by atoms with Crippen molar-refractivity contribution < 1.29 is 9.53 Å². The van der Waals surface area contributed by atoms with Crippen molar-refractivity contribution in [3.63, 3.8) is 0 Å². The van der Waals surface area contributed by atoms with Crippen LogP contribution in [0.2, 0.25) is 0 Å². The maximum atomic E-state index is 13.8. The van der Waals surface area contributed by atoms with Gasteiger partial charge in [0.25, 0.3) is 5.91 Å². The number of rotatable bonds is 8. The van der Waals surface area contributed by atoms with Crippen molar-refractivity contribution in [2.75, 3.05) is 23.0 Å². The van der Waals surface area contributed by atoms with E-state index in [9.17, 15) is 4.79 Å². The second-order valence-electron chi connectivity index (χ2n) is 8.25. The van der Waals surface area contributed by atoms with E-state index in [-0.39, 0.29) is 5.91 Å². The molecule has 1 amide bonds. The highest BCUT2D eigenvalue weighted by Crippen LogP contribution is 2.40. The van der Waals surface area contributed by atoms with Crippen LogP contribution in [-0.4, -0.2) is 33.0 Å². The molecule has 7 nitrogen and oxygen atoms in total. The molecule has 178 valence electrons. The Morgan fingerprint density at radius 2 is 1.94 bits per heavy atom. The molecule has 1 atom stereocenters. The molecular formula is C26H31N5O2S. The topological polar surface area (TPSA) is 81.1 Å². The number of para-hydroxylation sites is 1. The van der Waals surface area contributed by atoms with Crippen LogP contribution in [-0.2, 0) is 4.79 Å². The lowest BCUT2D eigenvalue weighted by Crippen LogP contribution is -2.32. The third-order valence-electron chi connectivity index (χ3n) is 5.88. The highest BCUT2D eigenvalue weighted by Gasteiger charge is 2.36. The van der Waals surface area contributed by atoms with Gasteiger partial charge >= 0.3 is 0 Å². The maximum Gasteiger partial charge on any atom is 0.255 e. The average molecular weight is 478 g/mol. The molecule has 0 spiro atoms. The summed E-state index contributed by atoms with van der Waals surface area (Å²) in [7, 11) is 0. The van der Waals surface area contributed by atoms with E-state index >= 15 is 0 Å². The van der Waals surface area contributed by atoms with E-state index in [1.54, 1.807) is 16.4 Å². The van der Waals surface area contributed by atoms with Crippen molar-refractivity contribution >= 4 is 29.3 Å². The van der Waals surface area contributed by atoms with E-state index in [0.29, 0.717) is 23.3 Å². The summed E-state index contributed by atoms with van der Waals surface area (Å²) in [5, 5.41) is 11.9. The largest absolute Gasteiger partial charge is 0.494 e. The minimum absolute atomic E-state index is 0.182. The molecule has 34 heavy (non-hydrogen) atoms. The number of amides is 1. The van der Waals surface area contributed by atoms with Gasteiger partial charge in [-0.3, -0.25) is 4.79 Å². The van der Waals surface area contributed by atoms with Gasteiger partial charge in [0.2, 0.25) is 11.1 Å². The zero-order valence-electron chi connectivity index (χ0n) is 20.3. The van der Waals surface area contributed by atoms with Crippen LogP contribution in [0.4, 0.5) is 11.6 Å². The molecular weight excluding hydrogens is 446 g/mol. The molecule has 0 radical (unpaired) electrons. The number of benzene rings is 2. The fourth-order valence-corrected chi connectivity index (χ4v) is 4.72. The second-order valence-corrected chi connectivity index (χ2v) is 9.31. The van der Waals surface area contributed by atoms with Gasteiger partial charge in [0, 0.05) is 22.7 Å². The van der Waals surface area contributed by atoms with Gasteiger partial charge in [-0.25, -0.2) is 4.68 Å². The predicted molar refractivity (Wildman–Crippen MR) is 138 cm³/mol. The van der Waals surface area contributed by atoms with Gasteiger partial charge in [0.1, 0.15) is 11.8 Å². The molecule has 0 saturated carbocycles. The summed E-state index contributed by atoms with van der Waals surface area (Å²) in [4.78, 5) is 18.5. The second kappa shape index (κ2) is 10.3. The van der Waals surface area contributed by atoms with E-state index in [1.165, 1.54) is 0 Å². The van der Waals surface area contributed by atoms with Crippen LogP contribution in [0.25, 0.3) is 0 Å². The molecule has 4 rings (SSSR count). The number of hydrogen-bond acceptors (Lipinski definition) is 6. The Kier molecular flexibility index (Phi) is 7.26. The maximum absolute atomic E-state index is 13.8. The Bertz CT molecular complexity index is 1230. The lowest BCUT2D eigenvalue weighted by atomic mass is 9.94. The molecule has 0 aliphatic carbocycles. The monoisotopic (exact) mass is 477 g/mol. The molecule has 1 aromatic heterocycles. The number of nitrogens with one attached hydrogen (secondary N) is 2. The molecule has 2 heterocycles. The van der Waals surface area contributed by atoms with E-state index in [4.69, 9.17) is 14.8 Å². The first-order valence-corrected chi connectivity index (χ1v) is 12.6. The zero-order chi connectivity index (χ0) is 24.2. The van der Waals surface area contributed by atoms with Crippen molar-refractivity contribution in [2.45, 2.75) is 52.2 Å². The first-order chi connectivity index (χ1) is 16.4. The van der Waals surface area contributed by atoms with Crippen molar-refractivity contribution in [1.29, 1.82) is 0 Å². The van der Waals surface area contributed by atoms with E-state index < -0.39 is 6.04 Å².